The summed E-state index contributed by atoms with van der Waals surface area (Å²) in [5.41, 5.74) is 0.963. The Morgan fingerprint density at radius 3 is 2.82 bits per heavy atom. The second kappa shape index (κ2) is 12.7. The Morgan fingerprint density at radius 1 is 1.27 bits per heavy atom. The van der Waals surface area contributed by atoms with E-state index in [4.69, 9.17) is 9.47 Å². The van der Waals surface area contributed by atoms with E-state index in [1.54, 1.807) is 0 Å². The fourth-order valence-corrected chi connectivity index (χ4v) is 6.08. The molecule has 33 heavy (non-hydrogen) atoms. The van der Waals surface area contributed by atoms with Gasteiger partial charge in [0.2, 0.25) is 15.9 Å². The van der Waals surface area contributed by atoms with E-state index in [-0.39, 0.29) is 24.1 Å². The minimum atomic E-state index is -3.27. The minimum absolute atomic E-state index is 0.0872. The highest BCUT2D eigenvalue weighted by molar-refractivity contribution is 7.89. The number of piperidine rings is 1. The van der Waals surface area contributed by atoms with Gasteiger partial charge in [-0.2, -0.15) is 0 Å². The van der Waals surface area contributed by atoms with Gasteiger partial charge in [0.25, 0.3) is 0 Å². The molecule has 3 rings (SSSR count). The first kappa shape index (κ1) is 25.9. The lowest BCUT2D eigenvalue weighted by Crippen LogP contribution is -2.45. The van der Waals surface area contributed by atoms with E-state index in [0.717, 1.165) is 43.9 Å². The second-order valence-electron chi connectivity index (χ2n) is 9.05. The molecule has 9 heteroatoms. The van der Waals surface area contributed by atoms with Gasteiger partial charge in [-0.05, 0) is 56.8 Å². The Labute approximate surface area is 198 Å². The molecule has 0 radical (unpaired) electrons. The molecule has 0 aromatic heterocycles. The average Bonchev–Trinajstić information content (AvgIpc) is 2.83. The van der Waals surface area contributed by atoms with Crippen molar-refractivity contribution in [3.63, 3.8) is 0 Å². The predicted molar refractivity (Wildman–Crippen MR) is 129 cm³/mol. The summed E-state index contributed by atoms with van der Waals surface area (Å²) in [5.74, 6) is 0.539. The van der Waals surface area contributed by atoms with Gasteiger partial charge in [0, 0.05) is 45.4 Å². The van der Waals surface area contributed by atoms with Crippen molar-refractivity contribution < 1.29 is 22.7 Å². The average molecular weight is 482 g/mol. The lowest BCUT2D eigenvalue weighted by Gasteiger charge is -2.31. The van der Waals surface area contributed by atoms with Crippen LogP contribution in [0.1, 0.15) is 44.6 Å². The maximum absolute atomic E-state index is 12.7. The zero-order chi connectivity index (χ0) is 23.7. The van der Waals surface area contributed by atoms with Gasteiger partial charge in [-0.25, -0.2) is 12.7 Å². The molecule has 2 saturated heterocycles. The van der Waals surface area contributed by atoms with Crippen molar-refractivity contribution in [2.75, 3.05) is 52.3 Å². The Kier molecular flexibility index (Phi) is 9.97. The number of hydrogen-bond acceptors (Lipinski definition) is 6. The summed E-state index contributed by atoms with van der Waals surface area (Å²) in [4.78, 5) is 15.0. The first-order valence-electron chi connectivity index (χ1n) is 12.1. The summed E-state index contributed by atoms with van der Waals surface area (Å²) in [7, 11) is -1.14. The molecule has 1 unspecified atom stereocenters. The molecule has 2 heterocycles. The minimum Gasteiger partial charge on any atom is -0.492 e. The quantitative estimate of drug-likeness (QED) is 0.522. The molecule has 1 N–H and O–H groups in total. The number of benzene rings is 1. The second-order valence-corrected chi connectivity index (χ2v) is 11.1. The van der Waals surface area contributed by atoms with Gasteiger partial charge in [-0.3, -0.25) is 9.69 Å². The summed E-state index contributed by atoms with van der Waals surface area (Å²) in [6.45, 7) is 6.16. The fraction of sp³-hybridized carbons (Fsp3) is 0.708. The van der Waals surface area contributed by atoms with Crippen LogP contribution < -0.4 is 10.1 Å². The van der Waals surface area contributed by atoms with Crippen molar-refractivity contribution in [3.05, 3.63) is 29.8 Å². The molecule has 0 spiro atoms. The van der Waals surface area contributed by atoms with Crippen molar-refractivity contribution in [1.29, 1.82) is 0 Å². The molecule has 0 saturated carbocycles. The SMILES string of the molecule is CCCS(=O)(=O)N1CCCC(C(=O)NCc2cccc(OCCN(C)C3CCOCC3)c2)C1. The molecule has 1 amide bonds. The molecule has 2 aliphatic heterocycles. The maximum atomic E-state index is 12.7. The number of nitrogens with one attached hydrogen (secondary N) is 1. The van der Waals surface area contributed by atoms with Crippen LogP contribution in [0.3, 0.4) is 0 Å². The van der Waals surface area contributed by atoms with Crippen LogP contribution in [0, 0.1) is 5.92 Å². The number of nitrogens with zero attached hydrogens (tertiary/aromatic N) is 2. The smallest absolute Gasteiger partial charge is 0.224 e. The number of sulfonamides is 1. The lowest BCUT2D eigenvalue weighted by molar-refractivity contribution is -0.126. The van der Waals surface area contributed by atoms with Crippen LogP contribution in [0.5, 0.6) is 5.75 Å². The van der Waals surface area contributed by atoms with Crippen LogP contribution in [0.25, 0.3) is 0 Å². The van der Waals surface area contributed by atoms with Crippen molar-refractivity contribution in [1.82, 2.24) is 14.5 Å². The largest absolute Gasteiger partial charge is 0.492 e. The van der Waals surface area contributed by atoms with Gasteiger partial charge in [0.1, 0.15) is 12.4 Å². The van der Waals surface area contributed by atoms with Crippen molar-refractivity contribution in [3.8, 4) is 5.75 Å². The summed E-state index contributed by atoms with van der Waals surface area (Å²) in [5, 5.41) is 2.98. The van der Waals surface area contributed by atoms with E-state index in [1.807, 2.05) is 31.2 Å². The van der Waals surface area contributed by atoms with E-state index in [9.17, 15) is 13.2 Å². The van der Waals surface area contributed by atoms with Crippen LogP contribution >= 0.6 is 0 Å². The number of rotatable bonds is 11. The third-order valence-electron chi connectivity index (χ3n) is 6.50. The molecular weight excluding hydrogens is 442 g/mol. The molecule has 0 aliphatic carbocycles. The van der Waals surface area contributed by atoms with Crippen molar-refractivity contribution in [2.45, 2.75) is 51.6 Å². The molecule has 1 aromatic carbocycles. The van der Waals surface area contributed by atoms with Gasteiger partial charge < -0.3 is 14.8 Å². The van der Waals surface area contributed by atoms with Crippen molar-refractivity contribution in [2.24, 2.45) is 5.92 Å². The van der Waals surface area contributed by atoms with Crippen LogP contribution in [-0.2, 0) is 26.1 Å². The predicted octanol–water partition coefficient (Wildman–Crippen LogP) is 2.24. The third kappa shape index (κ3) is 7.95. The third-order valence-corrected chi connectivity index (χ3v) is 8.55. The normalized spacial score (nSPS) is 20.6. The van der Waals surface area contributed by atoms with E-state index >= 15 is 0 Å². The number of likely N-dealkylation sites (N-methyl/N-ethyl adjacent to an activating group) is 1. The summed E-state index contributed by atoms with van der Waals surface area (Å²) >= 11 is 0. The fourth-order valence-electron chi connectivity index (χ4n) is 4.49. The zero-order valence-electron chi connectivity index (χ0n) is 20.0. The van der Waals surface area contributed by atoms with E-state index in [2.05, 4.69) is 17.3 Å². The summed E-state index contributed by atoms with van der Waals surface area (Å²) in [6.07, 6.45) is 4.14. The Bertz CT molecular complexity index is 857. The highest BCUT2D eigenvalue weighted by Gasteiger charge is 2.31. The van der Waals surface area contributed by atoms with Gasteiger partial charge in [-0.1, -0.05) is 19.1 Å². The first-order valence-corrected chi connectivity index (χ1v) is 13.7. The van der Waals surface area contributed by atoms with Gasteiger partial charge >= 0.3 is 0 Å². The van der Waals surface area contributed by atoms with E-state index < -0.39 is 10.0 Å². The Morgan fingerprint density at radius 2 is 2.06 bits per heavy atom. The molecule has 2 aliphatic rings. The van der Waals surface area contributed by atoms with E-state index in [0.29, 0.717) is 45.0 Å². The Balaban J connectivity index is 1.43. The zero-order valence-corrected chi connectivity index (χ0v) is 20.8. The topological polar surface area (TPSA) is 88.2 Å². The summed E-state index contributed by atoms with van der Waals surface area (Å²) < 4.78 is 37.6. The molecular formula is C24H39N3O5S. The molecule has 2 fully saturated rings. The lowest BCUT2D eigenvalue weighted by atomic mass is 9.99. The van der Waals surface area contributed by atoms with Crippen LogP contribution in [-0.4, -0.2) is 81.8 Å². The molecule has 1 aromatic rings. The highest BCUT2D eigenvalue weighted by atomic mass is 32.2. The number of amides is 1. The highest BCUT2D eigenvalue weighted by Crippen LogP contribution is 2.21. The van der Waals surface area contributed by atoms with Gasteiger partial charge in [0.15, 0.2) is 0 Å². The van der Waals surface area contributed by atoms with Gasteiger partial charge in [-0.15, -0.1) is 0 Å². The number of ether oxygens (including phenoxy) is 2. The van der Waals surface area contributed by atoms with Gasteiger partial charge in [0.05, 0.1) is 11.7 Å². The monoisotopic (exact) mass is 481 g/mol. The first-order chi connectivity index (χ1) is 15.9. The number of carbonyl (C=O) groups excluding carboxylic acids is 1. The van der Waals surface area contributed by atoms with E-state index in [1.165, 1.54) is 4.31 Å². The molecule has 0 bridgehead atoms. The molecule has 1 atom stereocenters. The van der Waals surface area contributed by atoms with Crippen LogP contribution in [0.15, 0.2) is 24.3 Å². The standard InChI is InChI=1S/C24H39N3O5S/c1-3-16-33(29,30)27-11-5-7-21(19-27)24(28)25-18-20-6-4-8-23(17-20)32-15-12-26(2)22-9-13-31-14-10-22/h4,6,8,17,21-22H,3,5,7,9-16,18-19H2,1-2H3,(H,25,28). The Hall–Kier alpha value is -1.68. The van der Waals surface area contributed by atoms with Crippen LogP contribution in [0.4, 0.5) is 0 Å². The number of carbonyl (C=O) groups is 1. The van der Waals surface area contributed by atoms with Crippen molar-refractivity contribution >= 4 is 15.9 Å². The maximum Gasteiger partial charge on any atom is 0.224 e. The molecule has 186 valence electrons. The summed E-state index contributed by atoms with van der Waals surface area (Å²) in [6, 6.07) is 8.32. The van der Waals surface area contributed by atoms with Crippen LogP contribution in [0.2, 0.25) is 0 Å². The number of hydrogen-bond donors (Lipinski definition) is 1. The molecule has 8 nitrogen and oxygen atoms in total.